The van der Waals surface area contributed by atoms with Gasteiger partial charge >= 0.3 is 0 Å². The van der Waals surface area contributed by atoms with Crippen molar-refractivity contribution in [3.63, 3.8) is 0 Å². The van der Waals surface area contributed by atoms with Crippen LogP contribution in [0.25, 0.3) is 10.9 Å². The number of ether oxygens (including phenoxy) is 1. The number of aryl methyl sites for hydroxylation is 2. The average molecular weight is 336 g/mol. The molecule has 0 unspecified atom stereocenters. The smallest absolute Gasteiger partial charge is 0.122 e. The van der Waals surface area contributed by atoms with Gasteiger partial charge in [-0.1, -0.05) is 30.3 Å². The zero-order chi connectivity index (χ0) is 17.7. The van der Waals surface area contributed by atoms with Crippen LogP contribution in [0.5, 0.6) is 5.75 Å². The van der Waals surface area contributed by atoms with Gasteiger partial charge in [0, 0.05) is 29.2 Å². The zero-order valence-electron chi connectivity index (χ0n) is 15.4. The lowest BCUT2D eigenvalue weighted by Crippen LogP contribution is -2.38. The largest absolute Gasteiger partial charge is 0.492 e. The van der Waals surface area contributed by atoms with Crippen LogP contribution in [0.15, 0.2) is 54.7 Å². The second-order valence-corrected chi connectivity index (χ2v) is 7.49. The highest BCUT2D eigenvalue weighted by atomic mass is 16.5. The van der Waals surface area contributed by atoms with Crippen molar-refractivity contribution in [2.75, 3.05) is 13.2 Å². The predicted molar refractivity (Wildman–Crippen MR) is 105 cm³/mol. The van der Waals surface area contributed by atoms with Gasteiger partial charge in [-0.25, -0.2) is 0 Å². The van der Waals surface area contributed by atoms with Crippen LogP contribution in [0, 0.1) is 0 Å². The molecule has 0 bridgehead atoms. The summed E-state index contributed by atoms with van der Waals surface area (Å²) in [5.74, 6) is 0.999. The van der Waals surface area contributed by atoms with Gasteiger partial charge in [0.15, 0.2) is 0 Å². The van der Waals surface area contributed by atoms with E-state index in [4.69, 9.17) is 4.74 Å². The van der Waals surface area contributed by atoms with E-state index in [1.807, 2.05) is 12.3 Å². The van der Waals surface area contributed by atoms with Gasteiger partial charge in [0.2, 0.25) is 0 Å². The summed E-state index contributed by atoms with van der Waals surface area (Å²) in [5, 5.41) is 4.77. The Bertz CT molecular complexity index is 814. The Kier molecular flexibility index (Phi) is 5.44. The first kappa shape index (κ1) is 17.6. The van der Waals surface area contributed by atoms with E-state index in [2.05, 4.69) is 73.5 Å². The van der Waals surface area contributed by atoms with Gasteiger partial charge in [0.05, 0.1) is 0 Å². The Morgan fingerprint density at radius 3 is 2.52 bits per heavy atom. The molecule has 0 saturated heterocycles. The number of para-hydroxylation sites is 1. The summed E-state index contributed by atoms with van der Waals surface area (Å²) in [6, 6.07) is 17.0. The standard InChI is InChI=1S/C22H28N2O/c1-22(2,3)24-15-16-25-21-10-5-4-7-18(21)12-11-17-8-6-9-20-19(17)13-14-23-20/h4-10,13-14,23-24H,11-12,15-16H2,1-3H3. The number of hydrogen-bond donors (Lipinski definition) is 2. The van der Waals surface area contributed by atoms with Crippen LogP contribution < -0.4 is 10.1 Å². The molecular formula is C22H28N2O. The summed E-state index contributed by atoms with van der Waals surface area (Å²) >= 11 is 0. The fourth-order valence-corrected chi connectivity index (χ4v) is 3.08. The lowest BCUT2D eigenvalue weighted by atomic mass is 10.0. The maximum absolute atomic E-state index is 6.02. The van der Waals surface area contributed by atoms with Crippen molar-refractivity contribution in [2.45, 2.75) is 39.2 Å². The van der Waals surface area contributed by atoms with Gasteiger partial charge in [-0.3, -0.25) is 0 Å². The highest BCUT2D eigenvalue weighted by Crippen LogP contribution is 2.23. The maximum Gasteiger partial charge on any atom is 0.122 e. The number of hydrogen-bond acceptors (Lipinski definition) is 2. The SMILES string of the molecule is CC(C)(C)NCCOc1ccccc1CCc1cccc2[nH]ccc12. The Hall–Kier alpha value is -2.26. The molecule has 1 aromatic heterocycles. The van der Waals surface area contributed by atoms with Gasteiger partial charge in [0.25, 0.3) is 0 Å². The molecule has 3 rings (SSSR count). The number of aromatic nitrogens is 1. The molecule has 0 amide bonds. The Morgan fingerprint density at radius 1 is 0.920 bits per heavy atom. The molecule has 0 radical (unpaired) electrons. The van der Waals surface area contributed by atoms with Crippen molar-refractivity contribution < 1.29 is 4.74 Å². The third kappa shape index (κ3) is 4.86. The first-order valence-electron chi connectivity index (χ1n) is 9.04. The Morgan fingerprint density at radius 2 is 1.68 bits per heavy atom. The second kappa shape index (κ2) is 7.75. The summed E-state index contributed by atoms with van der Waals surface area (Å²) in [4.78, 5) is 3.28. The fourth-order valence-electron chi connectivity index (χ4n) is 3.08. The molecule has 0 fully saturated rings. The van der Waals surface area contributed by atoms with E-state index in [9.17, 15) is 0 Å². The van der Waals surface area contributed by atoms with Crippen LogP contribution in [0.3, 0.4) is 0 Å². The Labute approximate surface area is 150 Å². The van der Waals surface area contributed by atoms with Crippen molar-refractivity contribution >= 4 is 10.9 Å². The summed E-state index contributed by atoms with van der Waals surface area (Å²) < 4.78 is 6.02. The Balaban J connectivity index is 1.62. The van der Waals surface area contributed by atoms with E-state index >= 15 is 0 Å². The number of benzene rings is 2. The molecule has 2 N–H and O–H groups in total. The van der Waals surface area contributed by atoms with E-state index in [-0.39, 0.29) is 5.54 Å². The molecule has 2 aromatic carbocycles. The minimum Gasteiger partial charge on any atom is -0.492 e. The quantitative estimate of drug-likeness (QED) is 0.613. The first-order chi connectivity index (χ1) is 12.0. The third-order valence-corrected chi connectivity index (χ3v) is 4.34. The van der Waals surface area contributed by atoms with Crippen molar-refractivity contribution in [1.29, 1.82) is 0 Å². The molecule has 0 spiro atoms. The average Bonchev–Trinajstić information content (AvgIpc) is 3.06. The fraction of sp³-hybridized carbons (Fsp3) is 0.364. The highest BCUT2D eigenvalue weighted by molar-refractivity contribution is 5.82. The molecule has 0 aliphatic rings. The first-order valence-corrected chi connectivity index (χ1v) is 9.04. The van der Waals surface area contributed by atoms with Crippen LogP contribution >= 0.6 is 0 Å². The number of aromatic amines is 1. The maximum atomic E-state index is 6.02. The minimum atomic E-state index is 0.123. The summed E-state index contributed by atoms with van der Waals surface area (Å²) in [6.07, 6.45) is 4.00. The lowest BCUT2D eigenvalue weighted by molar-refractivity contribution is 0.288. The van der Waals surface area contributed by atoms with E-state index in [1.54, 1.807) is 0 Å². The molecule has 132 valence electrons. The second-order valence-electron chi connectivity index (χ2n) is 7.49. The molecule has 1 heterocycles. The van der Waals surface area contributed by atoms with Crippen molar-refractivity contribution in [2.24, 2.45) is 0 Å². The molecule has 0 aliphatic heterocycles. The van der Waals surface area contributed by atoms with Crippen LogP contribution in [-0.2, 0) is 12.8 Å². The van der Waals surface area contributed by atoms with Crippen LogP contribution in [0.4, 0.5) is 0 Å². The predicted octanol–water partition coefficient (Wildman–Crippen LogP) is 4.72. The minimum absolute atomic E-state index is 0.123. The van der Waals surface area contributed by atoms with Crippen LogP contribution in [-0.4, -0.2) is 23.7 Å². The summed E-state index contributed by atoms with van der Waals surface area (Å²) in [7, 11) is 0. The van der Waals surface area contributed by atoms with Crippen LogP contribution in [0.1, 0.15) is 31.9 Å². The normalized spacial score (nSPS) is 11.8. The number of fused-ring (bicyclic) bond motifs is 1. The molecule has 0 saturated carbocycles. The third-order valence-electron chi connectivity index (χ3n) is 4.34. The van der Waals surface area contributed by atoms with Crippen molar-refractivity contribution in [1.82, 2.24) is 10.3 Å². The topological polar surface area (TPSA) is 37.0 Å². The molecule has 3 heteroatoms. The van der Waals surface area contributed by atoms with Gasteiger partial charge in [-0.05, 0) is 62.9 Å². The van der Waals surface area contributed by atoms with Gasteiger partial charge in [0.1, 0.15) is 12.4 Å². The molecule has 0 atom stereocenters. The van der Waals surface area contributed by atoms with Crippen LogP contribution in [0.2, 0.25) is 0 Å². The molecule has 25 heavy (non-hydrogen) atoms. The monoisotopic (exact) mass is 336 g/mol. The van der Waals surface area contributed by atoms with Crippen molar-refractivity contribution in [3.8, 4) is 5.75 Å². The van der Waals surface area contributed by atoms with Crippen molar-refractivity contribution in [3.05, 3.63) is 65.9 Å². The van der Waals surface area contributed by atoms with Gasteiger partial charge in [-0.15, -0.1) is 0 Å². The lowest BCUT2D eigenvalue weighted by Gasteiger charge is -2.21. The highest BCUT2D eigenvalue weighted by Gasteiger charge is 2.09. The van der Waals surface area contributed by atoms with E-state index in [0.29, 0.717) is 6.61 Å². The zero-order valence-corrected chi connectivity index (χ0v) is 15.4. The number of nitrogens with one attached hydrogen (secondary N) is 2. The van der Waals surface area contributed by atoms with Gasteiger partial charge in [-0.2, -0.15) is 0 Å². The summed E-state index contributed by atoms with van der Waals surface area (Å²) in [5.41, 5.74) is 3.97. The number of rotatable bonds is 7. The molecule has 3 aromatic rings. The van der Waals surface area contributed by atoms with E-state index in [1.165, 1.54) is 22.0 Å². The van der Waals surface area contributed by atoms with E-state index < -0.39 is 0 Å². The van der Waals surface area contributed by atoms with E-state index in [0.717, 1.165) is 25.1 Å². The summed E-state index contributed by atoms with van der Waals surface area (Å²) in [6.45, 7) is 8.04. The molecule has 3 nitrogen and oxygen atoms in total. The molecular weight excluding hydrogens is 308 g/mol. The number of H-pyrrole nitrogens is 1. The van der Waals surface area contributed by atoms with Gasteiger partial charge < -0.3 is 15.0 Å². The molecule has 0 aliphatic carbocycles.